The molecular weight excluding hydrogens is 306 g/mol. The van der Waals surface area contributed by atoms with Crippen LogP contribution in [0.3, 0.4) is 0 Å². The lowest BCUT2D eigenvalue weighted by molar-refractivity contribution is -0.136. The van der Waals surface area contributed by atoms with E-state index in [1.54, 1.807) is 0 Å². The minimum Gasteiger partial charge on any atom is -0.381 e. The molecule has 1 spiro atoms. The Bertz CT molecular complexity index is 588. The lowest BCUT2D eigenvalue weighted by atomic mass is 9.72. The highest BCUT2D eigenvalue weighted by Crippen LogP contribution is 2.49. The normalized spacial score (nSPS) is 27.7. The fourth-order valence-electron chi connectivity index (χ4n) is 4.82. The van der Waals surface area contributed by atoms with Gasteiger partial charge < -0.3 is 14.2 Å². The van der Waals surface area contributed by atoms with Crippen LogP contribution in [-0.4, -0.2) is 47.3 Å². The largest absolute Gasteiger partial charge is 0.381 e. The quantitative estimate of drug-likeness (QED) is 0.832. The number of aromatic nitrogens is 2. The van der Waals surface area contributed by atoms with E-state index in [9.17, 15) is 4.79 Å². The van der Waals surface area contributed by atoms with E-state index >= 15 is 0 Å². The number of ether oxygens (including phenoxy) is 1. The zero-order valence-corrected chi connectivity index (χ0v) is 14.5. The van der Waals surface area contributed by atoms with Crippen molar-refractivity contribution in [2.24, 2.45) is 11.3 Å². The van der Waals surface area contributed by atoms with E-state index in [1.807, 2.05) is 6.92 Å². The maximum absolute atomic E-state index is 13.0. The maximum atomic E-state index is 13.0. The van der Waals surface area contributed by atoms with Crippen molar-refractivity contribution in [3.63, 3.8) is 0 Å². The zero-order chi connectivity index (χ0) is 16.6. The molecule has 24 heavy (non-hydrogen) atoms. The molecule has 132 valence electrons. The molecule has 6 heteroatoms. The highest BCUT2D eigenvalue weighted by Gasteiger charge is 2.52. The predicted octanol–water partition coefficient (Wildman–Crippen LogP) is 2.68. The van der Waals surface area contributed by atoms with E-state index in [1.165, 1.54) is 19.3 Å². The highest BCUT2D eigenvalue weighted by atomic mass is 16.5. The van der Waals surface area contributed by atoms with E-state index in [4.69, 9.17) is 9.26 Å². The number of hydrogen-bond acceptors (Lipinski definition) is 5. The van der Waals surface area contributed by atoms with Crippen molar-refractivity contribution in [2.45, 2.75) is 57.8 Å². The van der Waals surface area contributed by atoms with Gasteiger partial charge in [0.05, 0.1) is 5.92 Å². The summed E-state index contributed by atoms with van der Waals surface area (Å²) in [5.74, 6) is 2.09. The fraction of sp³-hybridized carbons (Fsp3) is 0.833. The number of rotatable bonds is 2. The molecule has 1 unspecified atom stereocenters. The van der Waals surface area contributed by atoms with Crippen LogP contribution in [0.4, 0.5) is 0 Å². The molecule has 1 saturated carbocycles. The standard InChI is InChI=1S/C18H27N3O3/c1-13-19-16(24-20-13)15-11-21(12-18(15)7-9-23-10-8-18)17(22)14-5-3-2-4-6-14/h14-15H,2-12H2,1H3. The molecule has 0 aromatic carbocycles. The van der Waals surface area contributed by atoms with Crippen molar-refractivity contribution in [3.8, 4) is 0 Å². The van der Waals surface area contributed by atoms with Crippen molar-refractivity contribution < 1.29 is 14.1 Å². The summed E-state index contributed by atoms with van der Waals surface area (Å²) in [6.45, 7) is 4.91. The summed E-state index contributed by atoms with van der Waals surface area (Å²) < 4.78 is 11.1. The van der Waals surface area contributed by atoms with Gasteiger partial charge in [0.1, 0.15) is 0 Å². The number of nitrogens with zero attached hydrogens (tertiary/aromatic N) is 3. The van der Waals surface area contributed by atoms with Gasteiger partial charge in [0.2, 0.25) is 11.8 Å². The van der Waals surface area contributed by atoms with Crippen LogP contribution in [-0.2, 0) is 9.53 Å². The Balaban J connectivity index is 1.56. The Morgan fingerprint density at radius 3 is 2.62 bits per heavy atom. The molecule has 1 aliphatic carbocycles. The zero-order valence-electron chi connectivity index (χ0n) is 14.5. The molecule has 6 nitrogen and oxygen atoms in total. The molecule has 4 rings (SSSR count). The minimum absolute atomic E-state index is 0.0432. The van der Waals surface area contributed by atoms with Crippen LogP contribution < -0.4 is 0 Å². The Morgan fingerprint density at radius 1 is 1.21 bits per heavy atom. The van der Waals surface area contributed by atoms with Crippen molar-refractivity contribution >= 4 is 5.91 Å². The monoisotopic (exact) mass is 333 g/mol. The number of amides is 1. The third kappa shape index (κ3) is 2.85. The first-order valence-corrected chi connectivity index (χ1v) is 9.35. The van der Waals surface area contributed by atoms with Crippen LogP contribution in [0, 0.1) is 18.3 Å². The van der Waals surface area contributed by atoms with Gasteiger partial charge in [-0.3, -0.25) is 4.79 Å². The van der Waals surface area contributed by atoms with E-state index in [0.29, 0.717) is 17.6 Å². The van der Waals surface area contributed by atoms with E-state index < -0.39 is 0 Å². The predicted molar refractivity (Wildman–Crippen MR) is 87.4 cm³/mol. The van der Waals surface area contributed by atoms with Gasteiger partial charge in [-0.1, -0.05) is 24.4 Å². The molecule has 0 radical (unpaired) electrons. The molecule has 2 aliphatic heterocycles. The third-order valence-electron chi connectivity index (χ3n) is 6.24. The molecule has 0 bridgehead atoms. The molecule has 1 aromatic heterocycles. The second-order valence-corrected chi connectivity index (χ2v) is 7.76. The number of carbonyl (C=O) groups is 1. The molecule has 3 fully saturated rings. The molecule has 2 saturated heterocycles. The first-order valence-electron chi connectivity index (χ1n) is 9.35. The van der Waals surface area contributed by atoms with Crippen molar-refractivity contribution in [3.05, 3.63) is 11.7 Å². The average Bonchev–Trinajstić information content (AvgIpc) is 3.20. The molecular formula is C18H27N3O3. The summed E-state index contributed by atoms with van der Waals surface area (Å²) in [6.07, 6.45) is 7.69. The summed E-state index contributed by atoms with van der Waals surface area (Å²) >= 11 is 0. The van der Waals surface area contributed by atoms with Crippen molar-refractivity contribution in [1.29, 1.82) is 0 Å². The van der Waals surface area contributed by atoms with Gasteiger partial charge in [-0.2, -0.15) is 4.98 Å². The van der Waals surface area contributed by atoms with Crippen LogP contribution in [0.1, 0.15) is 62.6 Å². The van der Waals surface area contributed by atoms with Crippen LogP contribution in [0.2, 0.25) is 0 Å². The Hall–Kier alpha value is -1.43. The first-order chi connectivity index (χ1) is 11.7. The van der Waals surface area contributed by atoms with E-state index in [0.717, 1.165) is 52.0 Å². The van der Waals surface area contributed by atoms with Gasteiger partial charge >= 0.3 is 0 Å². The summed E-state index contributed by atoms with van der Waals surface area (Å²) in [5.41, 5.74) is 0.0432. The van der Waals surface area contributed by atoms with Crippen molar-refractivity contribution in [1.82, 2.24) is 15.0 Å². The number of carbonyl (C=O) groups excluding carboxylic acids is 1. The van der Waals surface area contributed by atoms with E-state index in [2.05, 4.69) is 15.0 Å². The Labute approximate surface area is 142 Å². The number of likely N-dealkylation sites (tertiary alicyclic amines) is 1. The van der Waals surface area contributed by atoms with Crippen LogP contribution in [0.25, 0.3) is 0 Å². The van der Waals surface area contributed by atoms with Gasteiger partial charge in [-0.25, -0.2) is 0 Å². The summed E-state index contributed by atoms with van der Waals surface area (Å²) in [5, 5.41) is 3.98. The molecule has 3 heterocycles. The second-order valence-electron chi connectivity index (χ2n) is 7.76. The Kier molecular flexibility index (Phi) is 4.33. The van der Waals surface area contributed by atoms with Crippen molar-refractivity contribution in [2.75, 3.05) is 26.3 Å². The maximum Gasteiger partial charge on any atom is 0.232 e. The lowest BCUT2D eigenvalue weighted by Crippen LogP contribution is -2.39. The van der Waals surface area contributed by atoms with Crippen LogP contribution in [0.5, 0.6) is 0 Å². The first kappa shape index (κ1) is 16.1. The van der Waals surface area contributed by atoms with Gasteiger partial charge in [0, 0.05) is 37.6 Å². The smallest absolute Gasteiger partial charge is 0.232 e. The molecule has 1 amide bonds. The summed E-state index contributed by atoms with van der Waals surface area (Å²) in [7, 11) is 0. The molecule has 1 atom stereocenters. The number of hydrogen-bond donors (Lipinski definition) is 0. The van der Waals surface area contributed by atoms with Gasteiger partial charge in [0.25, 0.3) is 0 Å². The second kappa shape index (κ2) is 6.47. The summed E-state index contributed by atoms with van der Waals surface area (Å²) in [6, 6.07) is 0. The lowest BCUT2D eigenvalue weighted by Gasteiger charge is -2.36. The fourth-order valence-corrected chi connectivity index (χ4v) is 4.82. The average molecular weight is 333 g/mol. The third-order valence-corrected chi connectivity index (χ3v) is 6.24. The Morgan fingerprint density at radius 2 is 1.96 bits per heavy atom. The topological polar surface area (TPSA) is 68.5 Å². The highest BCUT2D eigenvalue weighted by molar-refractivity contribution is 5.79. The number of aryl methyl sites for hydroxylation is 1. The van der Waals surface area contributed by atoms with Gasteiger partial charge in [-0.05, 0) is 32.6 Å². The van der Waals surface area contributed by atoms with Crippen LogP contribution >= 0.6 is 0 Å². The minimum atomic E-state index is 0.0432. The SMILES string of the molecule is Cc1noc(C2CN(C(=O)C3CCCCC3)CC23CCOCC3)n1. The molecule has 1 aromatic rings. The van der Waals surface area contributed by atoms with E-state index in [-0.39, 0.29) is 17.3 Å². The molecule has 3 aliphatic rings. The van der Waals surface area contributed by atoms with Gasteiger partial charge in [0.15, 0.2) is 5.82 Å². The van der Waals surface area contributed by atoms with Crippen LogP contribution in [0.15, 0.2) is 4.52 Å². The molecule has 0 N–H and O–H groups in total. The van der Waals surface area contributed by atoms with Gasteiger partial charge in [-0.15, -0.1) is 0 Å². The summed E-state index contributed by atoms with van der Waals surface area (Å²) in [4.78, 5) is 19.6.